The van der Waals surface area contributed by atoms with Crippen molar-refractivity contribution in [1.82, 2.24) is 30.3 Å². The highest BCUT2D eigenvalue weighted by atomic mass is 35.5. The minimum atomic E-state index is -0.538. The van der Waals surface area contributed by atoms with Crippen LogP contribution in [0.4, 0.5) is 21.5 Å². The van der Waals surface area contributed by atoms with Crippen molar-refractivity contribution in [2.75, 3.05) is 23.7 Å². The number of benzene rings is 2. The van der Waals surface area contributed by atoms with Gasteiger partial charge in [0.25, 0.3) is 0 Å². The first kappa shape index (κ1) is 26.0. The SMILES string of the molecule is N#Cc1cnc2c(Cl)cc(NC(c3cccnc3)c3cn(C4CCNC4)nn3)cc2c1Nc1ccc(F)c(Cl)c1. The Labute approximate surface area is 239 Å². The van der Waals surface area contributed by atoms with Gasteiger partial charge in [0, 0.05) is 41.9 Å². The molecule has 3 N–H and O–H groups in total. The second kappa shape index (κ2) is 11.1. The molecule has 0 saturated carbocycles. The van der Waals surface area contributed by atoms with Crippen LogP contribution in [0.25, 0.3) is 10.9 Å². The van der Waals surface area contributed by atoms with Gasteiger partial charge in [0.1, 0.15) is 17.6 Å². The van der Waals surface area contributed by atoms with Gasteiger partial charge in [-0.25, -0.2) is 9.07 Å². The first-order chi connectivity index (χ1) is 19.5. The van der Waals surface area contributed by atoms with Crippen molar-refractivity contribution in [3.63, 3.8) is 0 Å². The lowest BCUT2D eigenvalue weighted by Crippen LogP contribution is -2.14. The van der Waals surface area contributed by atoms with Gasteiger partial charge in [-0.1, -0.05) is 34.5 Å². The third kappa shape index (κ3) is 5.14. The van der Waals surface area contributed by atoms with E-state index in [1.807, 2.05) is 29.1 Å². The molecule has 40 heavy (non-hydrogen) atoms. The van der Waals surface area contributed by atoms with E-state index in [1.54, 1.807) is 24.5 Å². The van der Waals surface area contributed by atoms with Gasteiger partial charge < -0.3 is 16.0 Å². The fourth-order valence-electron chi connectivity index (χ4n) is 4.79. The van der Waals surface area contributed by atoms with E-state index in [1.165, 1.54) is 18.3 Å². The predicted octanol–water partition coefficient (Wildman–Crippen LogP) is 6.02. The molecule has 0 amide bonds. The number of aromatic nitrogens is 5. The number of anilines is 3. The van der Waals surface area contributed by atoms with Crippen LogP contribution in [-0.4, -0.2) is 38.1 Å². The molecule has 0 spiro atoms. The van der Waals surface area contributed by atoms with Gasteiger partial charge in [0.05, 0.1) is 45.1 Å². The summed E-state index contributed by atoms with van der Waals surface area (Å²) in [5, 5.41) is 29.7. The van der Waals surface area contributed by atoms with E-state index >= 15 is 0 Å². The summed E-state index contributed by atoms with van der Waals surface area (Å²) in [7, 11) is 0. The van der Waals surface area contributed by atoms with Crippen LogP contribution in [-0.2, 0) is 0 Å². The molecular formula is C28H22Cl2FN9. The number of halogens is 3. The zero-order valence-corrected chi connectivity index (χ0v) is 22.5. The molecule has 6 rings (SSSR count). The fraction of sp³-hybridized carbons (Fsp3) is 0.179. The summed E-state index contributed by atoms with van der Waals surface area (Å²) in [4.78, 5) is 8.72. The normalized spacial score (nSPS) is 15.6. The molecule has 12 heteroatoms. The summed E-state index contributed by atoms with van der Waals surface area (Å²) < 4.78 is 15.7. The summed E-state index contributed by atoms with van der Waals surface area (Å²) in [5.74, 6) is -0.538. The number of fused-ring (bicyclic) bond motifs is 1. The van der Waals surface area contributed by atoms with Crippen molar-refractivity contribution in [3.05, 3.63) is 99.9 Å². The second-order valence-electron chi connectivity index (χ2n) is 9.40. The topological polar surface area (TPSA) is 116 Å². The number of hydrogen-bond acceptors (Lipinski definition) is 8. The average molecular weight is 574 g/mol. The lowest BCUT2D eigenvalue weighted by molar-refractivity contribution is 0.476. The summed E-state index contributed by atoms with van der Waals surface area (Å²) in [6, 6.07) is 13.7. The van der Waals surface area contributed by atoms with Crippen LogP contribution >= 0.6 is 23.2 Å². The molecule has 1 saturated heterocycles. The molecule has 2 unspecified atom stereocenters. The average Bonchev–Trinajstić information content (AvgIpc) is 3.67. The predicted molar refractivity (Wildman–Crippen MR) is 152 cm³/mol. The third-order valence-electron chi connectivity index (χ3n) is 6.80. The van der Waals surface area contributed by atoms with Crippen molar-refractivity contribution < 1.29 is 4.39 Å². The molecule has 4 heterocycles. The molecule has 9 nitrogen and oxygen atoms in total. The Morgan fingerprint density at radius 1 is 1.12 bits per heavy atom. The van der Waals surface area contributed by atoms with Crippen molar-refractivity contribution in [2.45, 2.75) is 18.5 Å². The van der Waals surface area contributed by atoms with Crippen LogP contribution in [0.5, 0.6) is 0 Å². The van der Waals surface area contributed by atoms with Crippen molar-refractivity contribution in [2.24, 2.45) is 0 Å². The van der Waals surface area contributed by atoms with Crippen LogP contribution in [0.15, 0.2) is 67.3 Å². The zero-order valence-electron chi connectivity index (χ0n) is 20.9. The zero-order chi connectivity index (χ0) is 27.6. The molecule has 5 aromatic rings. The molecule has 2 aromatic carbocycles. The first-order valence-electron chi connectivity index (χ1n) is 12.5. The largest absolute Gasteiger partial charge is 0.373 e. The van der Waals surface area contributed by atoms with Crippen LogP contribution in [0.2, 0.25) is 10.0 Å². The van der Waals surface area contributed by atoms with Gasteiger partial charge in [-0.2, -0.15) is 5.26 Å². The molecule has 1 fully saturated rings. The Balaban J connectivity index is 1.42. The number of nitrogens with zero attached hydrogens (tertiary/aromatic N) is 6. The lowest BCUT2D eigenvalue weighted by atomic mass is 10.0. The van der Waals surface area contributed by atoms with E-state index in [2.05, 4.69) is 42.3 Å². The maximum Gasteiger partial charge on any atom is 0.141 e. The maximum atomic E-state index is 13.8. The number of rotatable bonds is 7. The first-order valence-corrected chi connectivity index (χ1v) is 13.3. The quantitative estimate of drug-likeness (QED) is 0.216. The van der Waals surface area contributed by atoms with E-state index in [9.17, 15) is 9.65 Å². The number of hydrogen-bond donors (Lipinski definition) is 3. The van der Waals surface area contributed by atoms with Crippen molar-refractivity contribution in [3.8, 4) is 6.07 Å². The molecule has 0 radical (unpaired) electrons. The maximum absolute atomic E-state index is 13.8. The van der Waals surface area contributed by atoms with Crippen molar-refractivity contribution in [1.29, 1.82) is 5.26 Å². The monoisotopic (exact) mass is 573 g/mol. The van der Waals surface area contributed by atoms with Gasteiger partial charge in [-0.05, 0) is 54.9 Å². The second-order valence-corrected chi connectivity index (χ2v) is 10.2. The summed E-state index contributed by atoms with van der Waals surface area (Å²) in [6.07, 6.45) is 7.87. The van der Waals surface area contributed by atoms with Gasteiger partial charge >= 0.3 is 0 Å². The molecule has 0 bridgehead atoms. The molecule has 1 aliphatic heterocycles. The minimum absolute atomic E-state index is 0.0389. The van der Waals surface area contributed by atoms with Gasteiger partial charge in [0.2, 0.25) is 0 Å². The van der Waals surface area contributed by atoms with E-state index in [-0.39, 0.29) is 22.7 Å². The lowest BCUT2D eigenvalue weighted by Gasteiger charge is -2.20. The highest BCUT2D eigenvalue weighted by Crippen LogP contribution is 2.37. The van der Waals surface area contributed by atoms with Crippen LogP contribution in [0.1, 0.15) is 35.3 Å². The standard InChI is InChI=1S/C28H22Cl2FN9/c29-22-9-18(3-4-24(22)31)36-26-17(11-32)13-35-28-21(26)8-19(10-23(28)30)37-27(16-2-1-6-33-12-16)25-15-40(39-38-25)20-5-7-34-14-20/h1-4,6,8-10,12-13,15,20,27,34,37H,5,7,14H2,(H,35,36). The molecule has 200 valence electrons. The molecule has 1 aliphatic rings. The Morgan fingerprint density at radius 2 is 2.00 bits per heavy atom. The Kier molecular flexibility index (Phi) is 7.17. The minimum Gasteiger partial charge on any atom is -0.373 e. The van der Waals surface area contributed by atoms with E-state index in [4.69, 9.17) is 23.2 Å². The van der Waals surface area contributed by atoms with Crippen molar-refractivity contribution >= 4 is 51.2 Å². The van der Waals surface area contributed by atoms with Crippen LogP contribution in [0, 0.1) is 17.1 Å². The number of pyridine rings is 2. The van der Waals surface area contributed by atoms with Gasteiger partial charge in [-0.15, -0.1) is 5.10 Å². The molecule has 3 aromatic heterocycles. The van der Waals surface area contributed by atoms with Crippen LogP contribution in [0.3, 0.4) is 0 Å². The molecular weight excluding hydrogens is 552 g/mol. The number of nitriles is 1. The fourth-order valence-corrected chi connectivity index (χ4v) is 5.24. The summed E-state index contributed by atoms with van der Waals surface area (Å²) in [5.41, 5.74) is 4.05. The summed E-state index contributed by atoms with van der Waals surface area (Å²) in [6.45, 7) is 1.79. The molecule has 2 atom stereocenters. The molecule has 0 aliphatic carbocycles. The van der Waals surface area contributed by atoms with Gasteiger partial charge in [-0.3, -0.25) is 9.97 Å². The van der Waals surface area contributed by atoms with Crippen LogP contribution < -0.4 is 16.0 Å². The Hall–Kier alpha value is -4.30. The third-order valence-corrected chi connectivity index (χ3v) is 7.37. The van der Waals surface area contributed by atoms with E-state index < -0.39 is 5.82 Å². The van der Waals surface area contributed by atoms with E-state index in [0.29, 0.717) is 33.0 Å². The highest BCUT2D eigenvalue weighted by Gasteiger charge is 2.23. The summed E-state index contributed by atoms with van der Waals surface area (Å²) >= 11 is 12.7. The number of nitrogens with one attached hydrogen (secondary N) is 3. The smallest absolute Gasteiger partial charge is 0.141 e. The Morgan fingerprint density at radius 3 is 2.75 bits per heavy atom. The Bertz CT molecular complexity index is 1730. The van der Waals surface area contributed by atoms with Gasteiger partial charge in [0.15, 0.2) is 0 Å². The highest BCUT2D eigenvalue weighted by molar-refractivity contribution is 6.36. The van der Waals surface area contributed by atoms with E-state index in [0.717, 1.165) is 30.8 Å².